The largest absolute Gasteiger partial charge is 0.393 e. The van der Waals surface area contributed by atoms with E-state index in [-0.39, 0.29) is 16.8 Å². The van der Waals surface area contributed by atoms with Gasteiger partial charge in [-0.25, -0.2) is 0 Å². The van der Waals surface area contributed by atoms with Gasteiger partial charge in [0.2, 0.25) is 5.91 Å². The molecule has 1 unspecified atom stereocenters. The number of carbonyl (C=O) groups is 1. The van der Waals surface area contributed by atoms with E-state index in [2.05, 4.69) is 21.2 Å². The van der Waals surface area contributed by atoms with Crippen molar-refractivity contribution in [2.45, 2.75) is 20.4 Å². The molecule has 17 heavy (non-hydrogen) atoms. The Bertz CT molecular complexity index is 417. The SMILES string of the molecule is CC(C)C(C(=O)NCc1ccc(Br)s1)C(N)=S. The van der Waals surface area contributed by atoms with Crippen LogP contribution in [0.2, 0.25) is 0 Å². The topological polar surface area (TPSA) is 55.1 Å². The van der Waals surface area contributed by atoms with Crippen molar-refractivity contribution in [3.63, 3.8) is 0 Å². The first kappa shape index (κ1) is 14.6. The minimum atomic E-state index is -0.395. The summed E-state index contributed by atoms with van der Waals surface area (Å²) in [6.07, 6.45) is 0. The van der Waals surface area contributed by atoms with Crippen molar-refractivity contribution in [2.24, 2.45) is 17.6 Å². The van der Waals surface area contributed by atoms with E-state index in [1.807, 2.05) is 26.0 Å². The summed E-state index contributed by atoms with van der Waals surface area (Å²) in [5.41, 5.74) is 5.58. The van der Waals surface area contributed by atoms with E-state index in [1.165, 1.54) is 0 Å². The number of nitrogens with two attached hydrogens (primary N) is 1. The van der Waals surface area contributed by atoms with Gasteiger partial charge < -0.3 is 11.1 Å². The first-order chi connectivity index (χ1) is 7.91. The molecular weight excluding hydrogens is 320 g/mol. The highest BCUT2D eigenvalue weighted by Crippen LogP contribution is 2.22. The minimum absolute atomic E-state index is 0.1000. The van der Waals surface area contributed by atoms with Gasteiger partial charge in [-0.2, -0.15) is 0 Å². The number of rotatable bonds is 5. The molecule has 1 atom stereocenters. The molecule has 0 aliphatic heterocycles. The van der Waals surface area contributed by atoms with Crippen molar-refractivity contribution in [1.29, 1.82) is 0 Å². The lowest BCUT2D eigenvalue weighted by Gasteiger charge is -2.18. The molecule has 3 nitrogen and oxygen atoms in total. The third kappa shape index (κ3) is 4.37. The van der Waals surface area contributed by atoms with Gasteiger partial charge in [-0.05, 0) is 34.0 Å². The normalized spacial score (nSPS) is 12.5. The molecule has 0 radical (unpaired) electrons. The Balaban J connectivity index is 2.56. The number of amides is 1. The van der Waals surface area contributed by atoms with Gasteiger partial charge in [-0.1, -0.05) is 26.1 Å². The van der Waals surface area contributed by atoms with E-state index in [0.717, 1.165) is 8.66 Å². The predicted octanol–water partition coefficient (Wildman–Crippen LogP) is 2.69. The molecule has 1 aromatic rings. The van der Waals surface area contributed by atoms with E-state index < -0.39 is 5.92 Å². The van der Waals surface area contributed by atoms with Gasteiger partial charge in [0.05, 0.1) is 21.2 Å². The van der Waals surface area contributed by atoms with E-state index in [4.69, 9.17) is 18.0 Å². The van der Waals surface area contributed by atoms with Crippen LogP contribution in [0, 0.1) is 11.8 Å². The average molecular weight is 335 g/mol. The summed E-state index contributed by atoms with van der Waals surface area (Å²) in [6.45, 7) is 4.39. The van der Waals surface area contributed by atoms with Crippen LogP contribution in [0.4, 0.5) is 0 Å². The second-order valence-electron chi connectivity index (χ2n) is 4.05. The molecule has 1 heterocycles. The number of hydrogen-bond acceptors (Lipinski definition) is 3. The molecule has 1 aromatic heterocycles. The number of hydrogen-bond donors (Lipinski definition) is 2. The third-order valence-corrected chi connectivity index (χ3v) is 4.20. The molecule has 6 heteroatoms. The Hall–Kier alpha value is -0.460. The summed E-state index contributed by atoms with van der Waals surface area (Å²) in [6, 6.07) is 3.93. The Kier molecular flexibility index (Phi) is 5.55. The van der Waals surface area contributed by atoms with Crippen LogP contribution in [0.25, 0.3) is 0 Å². The van der Waals surface area contributed by atoms with Crippen LogP contribution in [0.5, 0.6) is 0 Å². The summed E-state index contributed by atoms with van der Waals surface area (Å²) in [4.78, 5) is 13.3. The van der Waals surface area contributed by atoms with Crippen LogP contribution in [0.3, 0.4) is 0 Å². The molecule has 3 N–H and O–H groups in total. The lowest BCUT2D eigenvalue weighted by molar-refractivity contribution is -0.124. The van der Waals surface area contributed by atoms with E-state index in [9.17, 15) is 4.79 Å². The zero-order valence-corrected chi connectivity index (χ0v) is 12.9. The summed E-state index contributed by atoms with van der Waals surface area (Å²) in [7, 11) is 0. The van der Waals surface area contributed by atoms with Crippen molar-refractivity contribution in [1.82, 2.24) is 5.32 Å². The molecule has 1 amide bonds. The Morgan fingerprint density at radius 3 is 2.65 bits per heavy atom. The fraction of sp³-hybridized carbons (Fsp3) is 0.455. The van der Waals surface area contributed by atoms with E-state index in [1.54, 1.807) is 11.3 Å². The average Bonchev–Trinajstić information content (AvgIpc) is 2.60. The highest BCUT2D eigenvalue weighted by molar-refractivity contribution is 9.11. The Morgan fingerprint density at radius 1 is 1.59 bits per heavy atom. The lowest BCUT2D eigenvalue weighted by Crippen LogP contribution is -2.40. The molecule has 94 valence electrons. The van der Waals surface area contributed by atoms with Gasteiger partial charge in [-0.15, -0.1) is 11.3 Å². The lowest BCUT2D eigenvalue weighted by atomic mass is 9.95. The van der Waals surface area contributed by atoms with Crippen molar-refractivity contribution >= 4 is 50.4 Å². The molecule has 0 aromatic carbocycles. The number of carbonyl (C=O) groups excluding carboxylic acids is 1. The summed E-state index contributed by atoms with van der Waals surface area (Å²) >= 11 is 9.89. The van der Waals surface area contributed by atoms with Gasteiger partial charge in [0.25, 0.3) is 0 Å². The predicted molar refractivity (Wildman–Crippen MR) is 79.0 cm³/mol. The van der Waals surface area contributed by atoms with Crippen molar-refractivity contribution in [2.75, 3.05) is 0 Å². The maximum Gasteiger partial charge on any atom is 0.230 e. The molecule has 0 aliphatic rings. The molecular formula is C11H15BrN2OS2. The molecule has 0 saturated heterocycles. The second-order valence-corrected chi connectivity index (χ2v) is 7.07. The molecule has 0 bridgehead atoms. The quantitative estimate of drug-likeness (QED) is 0.814. The first-order valence-corrected chi connectivity index (χ1v) is 7.25. The Morgan fingerprint density at radius 2 is 2.24 bits per heavy atom. The first-order valence-electron chi connectivity index (χ1n) is 5.23. The molecule has 0 spiro atoms. The maximum absolute atomic E-state index is 11.9. The fourth-order valence-corrected chi connectivity index (χ4v) is 3.29. The van der Waals surface area contributed by atoms with E-state index >= 15 is 0 Å². The smallest absolute Gasteiger partial charge is 0.230 e. The minimum Gasteiger partial charge on any atom is -0.393 e. The molecule has 0 saturated carbocycles. The van der Waals surface area contributed by atoms with Crippen LogP contribution < -0.4 is 11.1 Å². The van der Waals surface area contributed by atoms with Crippen LogP contribution in [-0.4, -0.2) is 10.9 Å². The van der Waals surface area contributed by atoms with Gasteiger partial charge in [0.1, 0.15) is 0 Å². The molecule has 0 aliphatic carbocycles. The fourth-order valence-electron chi connectivity index (χ4n) is 1.49. The third-order valence-electron chi connectivity index (χ3n) is 2.32. The van der Waals surface area contributed by atoms with Crippen LogP contribution in [0.1, 0.15) is 18.7 Å². The highest BCUT2D eigenvalue weighted by atomic mass is 79.9. The van der Waals surface area contributed by atoms with Gasteiger partial charge in [0.15, 0.2) is 0 Å². The van der Waals surface area contributed by atoms with Crippen LogP contribution in [0.15, 0.2) is 15.9 Å². The number of thiophene rings is 1. The zero-order valence-electron chi connectivity index (χ0n) is 9.70. The molecule has 0 fully saturated rings. The monoisotopic (exact) mass is 334 g/mol. The number of halogens is 1. The summed E-state index contributed by atoms with van der Waals surface area (Å²) in [5, 5.41) is 2.86. The van der Waals surface area contributed by atoms with Gasteiger partial charge >= 0.3 is 0 Å². The summed E-state index contributed by atoms with van der Waals surface area (Å²) in [5.74, 6) is -0.381. The Labute approximate surface area is 119 Å². The van der Waals surface area contributed by atoms with Crippen molar-refractivity contribution in [3.05, 3.63) is 20.8 Å². The van der Waals surface area contributed by atoms with Gasteiger partial charge in [0, 0.05) is 4.88 Å². The zero-order chi connectivity index (χ0) is 13.0. The maximum atomic E-state index is 11.9. The second kappa shape index (κ2) is 6.47. The molecule has 1 rings (SSSR count). The van der Waals surface area contributed by atoms with Crippen LogP contribution >= 0.6 is 39.5 Å². The van der Waals surface area contributed by atoms with E-state index in [0.29, 0.717) is 6.54 Å². The van der Waals surface area contributed by atoms with Gasteiger partial charge in [-0.3, -0.25) is 4.79 Å². The van der Waals surface area contributed by atoms with Crippen molar-refractivity contribution in [3.8, 4) is 0 Å². The summed E-state index contributed by atoms with van der Waals surface area (Å²) < 4.78 is 1.05. The van der Waals surface area contributed by atoms with Crippen molar-refractivity contribution < 1.29 is 4.79 Å². The number of nitrogens with one attached hydrogen (secondary N) is 1. The number of thiocarbonyl (C=S) groups is 1. The van der Waals surface area contributed by atoms with Crippen LogP contribution in [-0.2, 0) is 11.3 Å². The standard InChI is InChI=1S/C11H15BrN2OS2/c1-6(2)9(10(13)16)11(15)14-5-7-3-4-8(12)17-7/h3-4,6,9H,5H2,1-2H3,(H2,13,16)(H,14,15). The highest BCUT2D eigenvalue weighted by Gasteiger charge is 2.24.